The highest BCUT2D eigenvalue weighted by Gasteiger charge is 2.23. The van der Waals surface area contributed by atoms with Gasteiger partial charge in [-0.05, 0) is 11.6 Å². The van der Waals surface area contributed by atoms with Crippen LogP contribution in [0.25, 0.3) is 0 Å². The summed E-state index contributed by atoms with van der Waals surface area (Å²) in [4.78, 5) is 22.3. The van der Waals surface area contributed by atoms with Crippen LogP contribution in [0.1, 0.15) is 21.7 Å². The summed E-state index contributed by atoms with van der Waals surface area (Å²) in [5, 5.41) is 1.79. The Balaban J connectivity index is 1.83. The van der Waals surface area contributed by atoms with Gasteiger partial charge < -0.3 is 4.90 Å². The summed E-state index contributed by atoms with van der Waals surface area (Å²) >= 11 is 1.45. The lowest BCUT2D eigenvalue weighted by molar-refractivity contribution is 0.0728. The van der Waals surface area contributed by atoms with Crippen LogP contribution in [0.15, 0.2) is 29.2 Å². The van der Waals surface area contributed by atoms with E-state index in [2.05, 4.69) is 9.97 Å². The molecule has 0 atom stereocenters. The van der Waals surface area contributed by atoms with Crippen molar-refractivity contribution in [3.05, 3.63) is 46.2 Å². The van der Waals surface area contributed by atoms with Gasteiger partial charge >= 0.3 is 0 Å². The molecule has 0 aromatic carbocycles. The molecular weight excluding hydrogens is 234 g/mol. The first-order valence-electron chi connectivity index (χ1n) is 5.45. The van der Waals surface area contributed by atoms with Crippen molar-refractivity contribution in [3.8, 4) is 0 Å². The number of amides is 1. The van der Waals surface area contributed by atoms with E-state index >= 15 is 0 Å². The first-order chi connectivity index (χ1) is 8.34. The van der Waals surface area contributed by atoms with Crippen LogP contribution in [0.5, 0.6) is 0 Å². The van der Waals surface area contributed by atoms with Crippen LogP contribution in [0, 0.1) is 0 Å². The van der Waals surface area contributed by atoms with E-state index in [1.54, 1.807) is 17.1 Å². The monoisotopic (exact) mass is 245 g/mol. The predicted molar refractivity (Wildman–Crippen MR) is 64.8 cm³/mol. The Morgan fingerprint density at radius 1 is 1.41 bits per heavy atom. The summed E-state index contributed by atoms with van der Waals surface area (Å²) in [6.07, 6.45) is 2.63. The highest BCUT2D eigenvalue weighted by molar-refractivity contribution is 7.07. The molecule has 5 heteroatoms. The Kier molecular flexibility index (Phi) is 2.60. The van der Waals surface area contributed by atoms with E-state index in [0.717, 1.165) is 24.2 Å². The van der Waals surface area contributed by atoms with Crippen molar-refractivity contribution in [3.63, 3.8) is 0 Å². The maximum absolute atomic E-state index is 12.1. The van der Waals surface area contributed by atoms with Crippen molar-refractivity contribution in [2.45, 2.75) is 13.0 Å². The zero-order chi connectivity index (χ0) is 11.7. The number of fused-ring (bicyclic) bond motifs is 1. The minimum absolute atomic E-state index is 0.0146. The lowest BCUT2D eigenvalue weighted by atomic mass is 10.1. The molecule has 17 heavy (non-hydrogen) atoms. The molecule has 86 valence electrons. The number of carbonyl (C=O) groups excluding carboxylic acids is 1. The Bertz CT molecular complexity index is 538. The van der Waals surface area contributed by atoms with Gasteiger partial charge in [0.15, 0.2) is 0 Å². The van der Waals surface area contributed by atoms with Gasteiger partial charge in [-0.15, -0.1) is 11.3 Å². The van der Waals surface area contributed by atoms with Crippen LogP contribution in [-0.4, -0.2) is 27.3 Å². The summed E-state index contributed by atoms with van der Waals surface area (Å²) in [5.41, 5.74) is 4.48. The quantitative estimate of drug-likeness (QED) is 0.768. The second-order valence-electron chi connectivity index (χ2n) is 3.96. The van der Waals surface area contributed by atoms with Gasteiger partial charge in [-0.1, -0.05) is 6.07 Å². The number of aromatic nitrogens is 2. The molecule has 1 aliphatic rings. The maximum Gasteiger partial charge on any atom is 0.273 e. The standard InChI is InChI=1S/C12H11N3OS/c16-12(11-7-17-8-14-11)15-5-3-10-9(6-15)2-1-4-13-10/h1-2,4,7-8H,3,5-6H2. The molecule has 0 spiro atoms. The third kappa shape index (κ3) is 1.93. The minimum Gasteiger partial charge on any atom is -0.332 e. The second-order valence-corrected chi connectivity index (χ2v) is 4.68. The van der Waals surface area contributed by atoms with E-state index in [9.17, 15) is 4.79 Å². The number of hydrogen-bond acceptors (Lipinski definition) is 4. The highest BCUT2D eigenvalue weighted by Crippen LogP contribution is 2.18. The molecule has 1 amide bonds. The zero-order valence-electron chi connectivity index (χ0n) is 9.17. The lowest BCUT2D eigenvalue weighted by Crippen LogP contribution is -2.36. The minimum atomic E-state index is 0.0146. The predicted octanol–water partition coefficient (Wildman–Crippen LogP) is 1.74. The van der Waals surface area contributed by atoms with Gasteiger partial charge in [-0.25, -0.2) is 4.98 Å². The second kappa shape index (κ2) is 4.25. The molecule has 0 bridgehead atoms. The third-order valence-electron chi connectivity index (χ3n) is 2.90. The van der Waals surface area contributed by atoms with Crippen LogP contribution < -0.4 is 0 Å². The van der Waals surface area contributed by atoms with Crippen LogP contribution in [0.3, 0.4) is 0 Å². The van der Waals surface area contributed by atoms with Gasteiger partial charge in [0, 0.05) is 36.8 Å². The van der Waals surface area contributed by atoms with Crippen molar-refractivity contribution in [2.75, 3.05) is 6.54 Å². The van der Waals surface area contributed by atoms with E-state index in [-0.39, 0.29) is 5.91 Å². The van der Waals surface area contributed by atoms with Crippen LogP contribution in [0.2, 0.25) is 0 Å². The fraction of sp³-hybridized carbons (Fsp3) is 0.250. The van der Waals surface area contributed by atoms with Crippen molar-refractivity contribution < 1.29 is 4.79 Å². The number of hydrogen-bond donors (Lipinski definition) is 0. The molecule has 0 saturated carbocycles. The van der Waals surface area contributed by atoms with E-state index < -0.39 is 0 Å². The molecule has 4 nitrogen and oxygen atoms in total. The zero-order valence-corrected chi connectivity index (χ0v) is 9.98. The number of carbonyl (C=O) groups is 1. The van der Waals surface area contributed by atoms with Crippen molar-refractivity contribution >= 4 is 17.2 Å². The van der Waals surface area contributed by atoms with Gasteiger partial charge in [-0.3, -0.25) is 9.78 Å². The Morgan fingerprint density at radius 3 is 3.18 bits per heavy atom. The average Bonchev–Trinajstić information content (AvgIpc) is 2.91. The summed E-state index contributed by atoms with van der Waals surface area (Å²) in [7, 11) is 0. The molecule has 0 aliphatic carbocycles. The van der Waals surface area contributed by atoms with Gasteiger partial charge in [0.1, 0.15) is 5.69 Å². The highest BCUT2D eigenvalue weighted by atomic mass is 32.1. The summed E-state index contributed by atoms with van der Waals surface area (Å²) < 4.78 is 0. The first kappa shape index (κ1) is 10.4. The fourth-order valence-electron chi connectivity index (χ4n) is 2.02. The number of thiazole rings is 1. The molecule has 0 N–H and O–H groups in total. The van der Waals surface area contributed by atoms with Crippen LogP contribution >= 0.6 is 11.3 Å². The molecule has 0 unspecified atom stereocenters. The molecule has 1 aliphatic heterocycles. The van der Waals surface area contributed by atoms with E-state index in [1.165, 1.54) is 11.3 Å². The Labute approximate surface area is 103 Å². The van der Waals surface area contributed by atoms with Gasteiger partial charge in [0.05, 0.1) is 5.51 Å². The summed E-state index contributed by atoms with van der Waals surface area (Å²) in [5.74, 6) is 0.0146. The fourth-order valence-corrected chi connectivity index (χ4v) is 2.55. The van der Waals surface area contributed by atoms with Crippen molar-refractivity contribution in [1.29, 1.82) is 0 Å². The molecule has 0 fully saturated rings. The van der Waals surface area contributed by atoms with Crippen molar-refractivity contribution in [2.24, 2.45) is 0 Å². The normalized spacial score (nSPS) is 14.5. The smallest absolute Gasteiger partial charge is 0.273 e. The Hall–Kier alpha value is -1.75. The van der Waals surface area contributed by atoms with Crippen LogP contribution in [0.4, 0.5) is 0 Å². The molecule has 3 rings (SSSR count). The summed E-state index contributed by atoms with van der Waals surface area (Å²) in [6, 6.07) is 3.94. The molecule has 2 aromatic heterocycles. The first-order valence-corrected chi connectivity index (χ1v) is 6.39. The molecule has 3 heterocycles. The SMILES string of the molecule is O=C(c1cscn1)N1CCc2ncccc2C1. The molecule has 0 radical (unpaired) electrons. The topological polar surface area (TPSA) is 46.1 Å². The van der Waals surface area contributed by atoms with Gasteiger partial charge in [0.2, 0.25) is 0 Å². The van der Waals surface area contributed by atoms with Crippen molar-refractivity contribution in [1.82, 2.24) is 14.9 Å². The van der Waals surface area contributed by atoms with E-state index in [4.69, 9.17) is 0 Å². The maximum atomic E-state index is 12.1. The largest absolute Gasteiger partial charge is 0.332 e. The van der Waals surface area contributed by atoms with Crippen LogP contribution in [-0.2, 0) is 13.0 Å². The molecular formula is C12H11N3OS. The Morgan fingerprint density at radius 2 is 2.35 bits per heavy atom. The molecule has 0 saturated heterocycles. The number of nitrogens with zero attached hydrogens (tertiary/aromatic N) is 3. The number of rotatable bonds is 1. The van der Waals surface area contributed by atoms with E-state index in [0.29, 0.717) is 12.2 Å². The molecule has 2 aromatic rings. The average molecular weight is 245 g/mol. The lowest BCUT2D eigenvalue weighted by Gasteiger charge is -2.27. The third-order valence-corrected chi connectivity index (χ3v) is 3.49. The summed E-state index contributed by atoms with van der Waals surface area (Å²) in [6.45, 7) is 1.36. The van der Waals surface area contributed by atoms with Gasteiger partial charge in [0.25, 0.3) is 5.91 Å². The van der Waals surface area contributed by atoms with Gasteiger partial charge in [-0.2, -0.15) is 0 Å². The van der Waals surface area contributed by atoms with E-state index in [1.807, 2.05) is 17.0 Å². The number of pyridine rings is 1.